The fraction of sp³-hybridized carbons (Fsp3) is 0.208. The van der Waals surface area contributed by atoms with E-state index < -0.39 is 5.91 Å². The highest BCUT2D eigenvalue weighted by atomic mass is 16.3. The standard InChI is InChI=1S/C24H20N2O4/c1-15-8-9-16-5-2-3-7-21(16)26(15)22(27)17-10-11-19-20(13-17)24(29)25(23(19)28)14-18-6-4-12-30-18/h2-7,10-13,15H,8-9,14H2,1H3. The van der Waals surface area contributed by atoms with E-state index in [1.807, 2.05) is 31.2 Å². The van der Waals surface area contributed by atoms with E-state index in [1.165, 1.54) is 6.26 Å². The molecular weight excluding hydrogens is 380 g/mol. The van der Waals surface area contributed by atoms with Crippen molar-refractivity contribution >= 4 is 23.4 Å². The molecule has 0 radical (unpaired) electrons. The van der Waals surface area contributed by atoms with Crippen molar-refractivity contribution in [3.63, 3.8) is 0 Å². The topological polar surface area (TPSA) is 70.8 Å². The molecule has 2 aliphatic rings. The van der Waals surface area contributed by atoms with Crippen LogP contribution in [0.15, 0.2) is 65.3 Å². The maximum Gasteiger partial charge on any atom is 0.261 e. The predicted molar refractivity (Wildman–Crippen MR) is 110 cm³/mol. The van der Waals surface area contributed by atoms with Gasteiger partial charge in [0.25, 0.3) is 17.7 Å². The Balaban J connectivity index is 1.48. The number of amides is 3. The van der Waals surface area contributed by atoms with Gasteiger partial charge in [0.05, 0.1) is 23.9 Å². The molecule has 0 aliphatic carbocycles. The fourth-order valence-electron chi connectivity index (χ4n) is 4.26. The summed E-state index contributed by atoms with van der Waals surface area (Å²) >= 11 is 0. The summed E-state index contributed by atoms with van der Waals surface area (Å²) in [6.07, 6.45) is 3.31. The van der Waals surface area contributed by atoms with E-state index in [2.05, 4.69) is 0 Å². The summed E-state index contributed by atoms with van der Waals surface area (Å²) in [6.45, 7) is 2.10. The van der Waals surface area contributed by atoms with Crippen LogP contribution in [0.4, 0.5) is 5.69 Å². The molecule has 3 aromatic rings. The number of rotatable bonds is 3. The lowest BCUT2D eigenvalue weighted by Crippen LogP contribution is -2.42. The van der Waals surface area contributed by atoms with Gasteiger partial charge in [-0.15, -0.1) is 0 Å². The van der Waals surface area contributed by atoms with Crippen molar-refractivity contribution < 1.29 is 18.8 Å². The van der Waals surface area contributed by atoms with E-state index in [0.717, 1.165) is 29.0 Å². The number of anilines is 1. The Morgan fingerprint density at radius 3 is 2.63 bits per heavy atom. The highest BCUT2D eigenvalue weighted by Crippen LogP contribution is 2.33. The number of carbonyl (C=O) groups is 3. The zero-order valence-corrected chi connectivity index (χ0v) is 16.5. The fourth-order valence-corrected chi connectivity index (χ4v) is 4.26. The van der Waals surface area contributed by atoms with Crippen molar-refractivity contribution in [1.82, 2.24) is 4.90 Å². The summed E-state index contributed by atoms with van der Waals surface area (Å²) in [5.74, 6) is -0.419. The summed E-state index contributed by atoms with van der Waals surface area (Å²) in [5.41, 5.74) is 3.02. The molecule has 1 unspecified atom stereocenters. The van der Waals surface area contributed by atoms with Gasteiger partial charge in [0.15, 0.2) is 0 Å². The molecule has 6 heteroatoms. The molecule has 1 aromatic heterocycles. The number of hydrogen-bond acceptors (Lipinski definition) is 4. The van der Waals surface area contributed by atoms with Crippen LogP contribution in [0.25, 0.3) is 0 Å². The van der Waals surface area contributed by atoms with Crippen LogP contribution in [0, 0.1) is 0 Å². The molecular formula is C24H20N2O4. The van der Waals surface area contributed by atoms with Crippen molar-refractivity contribution in [3.8, 4) is 0 Å². The highest BCUT2D eigenvalue weighted by Gasteiger charge is 2.37. The Kier molecular flexibility index (Phi) is 4.28. The number of furan rings is 1. The number of aryl methyl sites for hydroxylation is 1. The Hall–Kier alpha value is -3.67. The number of carbonyl (C=O) groups excluding carboxylic acids is 3. The van der Waals surface area contributed by atoms with Gasteiger partial charge in [0, 0.05) is 17.3 Å². The first kappa shape index (κ1) is 18.4. The van der Waals surface area contributed by atoms with E-state index in [4.69, 9.17) is 4.42 Å². The Labute approximate surface area is 173 Å². The maximum atomic E-state index is 13.4. The number of benzene rings is 2. The first-order valence-electron chi connectivity index (χ1n) is 9.98. The molecule has 2 aliphatic heterocycles. The van der Waals surface area contributed by atoms with Crippen LogP contribution in [0.1, 0.15) is 55.7 Å². The number of imide groups is 1. The lowest BCUT2D eigenvalue weighted by Gasteiger charge is -2.35. The van der Waals surface area contributed by atoms with Gasteiger partial charge in [-0.25, -0.2) is 0 Å². The van der Waals surface area contributed by atoms with E-state index in [1.54, 1.807) is 35.2 Å². The molecule has 0 saturated carbocycles. The molecule has 1 atom stereocenters. The minimum Gasteiger partial charge on any atom is -0.467 e. The van der Waals surface area contributed by atoms with Crippen molar-refractivity contribution in [2.75, 3.05) is 4.90 Å². The van der Waals surface area contributed by atoms with Crippen LogP contribution >= 0.6 is 0 Å². The third-order valence-corrected chi connectivity index (χ3v) is 5.85. The Morgan fingerprint density at radius 2 is 1.83 bits per heavy atom. The molecule has 2 aromatic carbocycles. The number of para-hydroxylation sites is 1. The van der Waals surface area contributed by atoms with Crippen LogP contribution in [0.5, 0.6) is 0 Å². The maximum absolute atomic E-state index is 13.4. The molecule has 5 rings (SSSR count). The summed E-state index contributed by atoms with van der Waals surface area (Å²) in [6, 6.07) is 16.1. The highest BCUT2D eigenvalue weighted by molar-refractivity contribution is 6.22. The van der Waals surface area contributed by atoms with Gasteiger partial charge >= 0.3 is 0 Å². The SMILES string of the molecule is CC1CCc2ccccc2N1C(=O)c1ccc2c(c1)C(=O)N(Cc1ccco1)C2=O. The quantitative estimate of drug-likeness (QED) is 0.622. The van der Waals surface area contributed by atoms with Gasteiger partial charge in [-0.2, -0.15) is 0 Å². The summed E-state index contributed by atoms with van der Waals surface area (Å²) in [4.78, 5) is 41.9. The minimum atomic E-state index is -0.409. The van der Waals surface area contributed by atoms with Gasteiger partial charge in [-0.1, -0.05) is 18.2 Å². The zero-order valence-electron chi connectivity index (χ0n) is 16.5. The molecule has 0 bridgehead atoms. The van der Waals surface area contributed by atoms with Gasteiger partial charge in [0.2, 0.25) is 0 Å². The molecule has 30 heavy (non-hydrogen) atoms. The van der Waals surface area contributed by atoms with Crippen molar-refractivity contribution in [2.24, 2.45) is 0 Å². The van der Waals surface area contributed by atoms with Gasteiger partial charge in [-0.3, -0.25) is 19.3 Å². The molecule has 0 fully saturated rings. The largest absolute Gasteiger partial charge is 0.467 e. The Bertz CT molecular complexity index is 1170. The summed E-state index contributed by atoms with van der Waals surface area (Å²) in [7, 11) is 0. The second-order valence-electron chi connectivity index (χ2n) is 7.73. The first-order chi connectivity index (χ1) is 14.5. The van der Waals surface area contributed by atoms with E-state index >= 15 is 0 Å². The summed E-state index contributed by atoms with van der Waals surface area (Å²) < 4.78 is 5.27. The van der Waals surface area contributed by atoms with E-state index in [0.29, 0.717) is 16.9 Å². The van der Waals surface area contributed by atoms with Crippen molar-refractivity contribution in [3.05, 3.63) is 88.9 Å². The van der Waals surface area contributed by atoms with E-state index in [9.17, 15) is 14.4 Å². The number of hydrogen-bond donors (Lipinski definition) is 0. The van der Waals surface area contributed by atoms with Gasteiger partial charge in [-0.05, 0) is 61.7 Å². The first-order valence-corrected chi connectivity index (χ1v) is 9.98. The van der Waals surface area contributed by atoms with Crippen LogP contribution in [-0.2, 0) is 13.0 Å². The molecule has 0 N–H and O–H groups in total. The van der Waals surface area contributed by atoms with Crippen LogP contribution in [-0.4, -0.2) is 28.7 Å². The number of nitrogens with zero attached hydrogens (tertiary/aromatic N) is 2. The van der Waals surface area contributed by atoms with Gasteiger partial charge < -0.3 is 9.32 Å². The molecule has 3 heterocycles. The summed E-state index contributed by atoms with van der Waals surface area (Å²) in [5, 5.41) is 0. The van der Waals surface area contributed by atoms with Crippen molar-refractivity contribution in [2.45, 2.75) is 32.4 Å². The molecule has 150 valence electrons. The average Bonchev–Trinajstić information content (AvgIpc) is 3.36. The second-order valence-corrected chi connectivity index (χ2v) is 7.73. The van der Waals surface area contributed by atoms with E-state index in [-0.39, 0.29) is 30.0 Å². The lowest BCUT2D eigenvalue weighted by atomic mass is 9.95. The van der Waals surface area contributed by atoms with Crippen LogP contribution in [0.3, 0.4) is 0 Å². The molecule has 6 nitrogen and oxygen atoms in total. The van der Waals surface area contributed by atoms with Gasteiger partial charge in [0.1, 0.15) is 5.76 Å². The number of fused-ring (bicyclic) bond motifs is 2. The second kappa shape index (κ2) is 6.99. The molecule has 0 saturated heterocycles. The molecule has 0 spiro atoms. The van der Waals surface area contributed by atoms with Crippen LogP contribution in [0.2, 0.25) is 0 Å². The average molecular weight is 400 g/mol. The Morgan fingerprint density at radius 1 is 1.03 bits per heavy atom. The van der Waals surface area contributed by atoms with Crippen LogP contribution < -0.4 is 4.90 Å². The molecule has 3 amide bonds. The van der Waals surface area contributed by atoms with Crippen molar-refractivity contribution in [1.29, 1.82) is 0 Å². The zero-order chi connectivity index (χ0) is 20.8. The lowest BCUT2D eigenvalue weighted by molar-refractivity contribution is 0.0631. The predicted octanol–water partition coefficient (Wildman–Crippen LogP) is 4.06. The smallest absolute Gasteiger partial charge is 0.261 e. The minimum absolute atomic E-state index is 0.0495. The third kappa shape index (κ3) is 2.84. The normalized spacial score (nSPS) is 17.8. The monoisotopic (exact) mass is 400 g/mol. The third-order valence-electron chi connectivity index (χ3n) is 5.85.